The Morgan fingerprint density at radius 2 is 2.25 bits per heavy atom. The van der Waals surface area contributed by atoms with Gasteiger partial charge in [-0.3, -0.25) is 4.79 Å². The number of morpholine rings is 1. The number of ether oxygens (including phenoxy) is 1. The molecule has 0 aliphatic carbocycles. The number of piperidine rings is 1. The maximum Gasteiger partial charge on any atom is 0.239 e. The zero-order valence-corrected chi connectivity index (χ0v) is 10.6. The van der Waals surface area contributed by atoms with Crippen molar-refractivity contribution in [1.29, 1.82) is 0 Å². The lowest BCUT2D eigenvalue weighted by Crippen LogP contribution is -2.53. The number of amides is 1. The molecular formula is C11H21ClN2O2. The Hall–Kier alpha value is -0.320. The molecule has 0 radical (unpaired) electrons. The van der Waals surface area contributed by atoms with E-state index in [2.05, 4.69) is 5.32 Å². The third-order valence-corrected chi connectivity index (χ3v) is 3.16. The lowest BCUT2D eigenvalue weighted by molar-refractivity contribution is -0.140. The fraction of sp³-hybridized carbons (Fsp3) is 0.909. The first-order valence-corrected chi connectivity index (χ1v) is 5.91. The molecule has 1 N–H and O–H groups in total. The number of rotatable bonds is 1. The molecule has 0 bridgehead atoms. The Morgan fingerprint density at radius 1 is 1.44 bits per heavy atom. The van der Waals surface area contributed by atoms with Gasteiger partial charge in [0.05, 0.1) is 18.8 Å². The van der Waals surface area contributed by atoms with Gasteiger partial charge in [-0.1, -0.05) is 6.42 Å². The van der Waals surface area contributed by atoms with Crippen LogP contribution in [0, 0.1) is 0 Å². The Morgan fingerprint density at radius 3 is 2.88 bits per heavy atom. The van der Waals surface area contributed by atoms with Crippen molar-refractivity contribution < 1.29 is 9.53 Å². The first-order chi connectivity index (χ1) is 7.27. The Labute approximate surface area is 103 Å². The average Bonchev–Trinajstić information content (AvgIpc) is 2.29. The van der Waals surface area contributed by atoms with Crippen LogP contribution < -0.4 is 5.32 Å². The average molecular weight is 249 g/mol. The summed E-state index contributed by atoms with van der Waals surface area (Å²) in [6.45, 7) is 5.18. The molecule has 5 heteroatoms. The fourth-order valence-corrected chi connectivity index (χ4v) is 2.30. The highest BCUT2D eigenvalue weighted by atomic mass is 35.5. The number of halogens is 1. The molecule has 0 spiro atoms. The van der Waals surface area contributed by atoms with Gasteiger partial charge in [0.1, 0.15) is 0 Å². The fourth-order valence-electron chi connectivity index (χ4n) is 2.30. The number of carbonyl (C=O) groups excluding carboxylic acids is 1. The van der Waals surface area contributed by atoms with Gasteiger partial charge in [0.2, 0.25) is 5.91 Å². The minimum Gasteiger partial charge on any atom is -0.375 e. The number of carbonyl (C=O) groups is 1. The number of nitrogens with one attached hydrogen (secondary N) is 1. The molecule has 0 aromatic heterocycles. The summed E-state index contributed by atoms with van der Waals surface area (Å²) in [4.78, 5) is 14.0. The molecule has 0 aromatic rings. The molecule has 2 rings (SSSR count). The van der Waals surface area contributed by atoms with Gasteiger partial charge < -0.3 is 15.0 Å². The molecule has 2 saturated heterocycles. The van der Waals surface area contributed by atoms with Gasteiger partial charge in [0.25, 0.3) is 0 Å². The van der Waals surface area contributed by atoms with Crippen molar-refractivity contribution in [1.82, 2.24) is 10.2 Å². The van der Waals surface area contributed by atoms with Crippen LogP contribution in [0.5, 0.6) is 0 Å². The van der Waals surface area contributed by atoms with Gasteiger partial charge in [0.15, 0.2) is 0 Å². The van der Waals surface area contributed by atoms with Crippen molar-refractivity contribution in [2.24, 2.45) is 0 Å². The van der Waals surface area contributed by atoms with Gasteiger partial charge >= 0.3 is 0 Å². The number of nitrogens with zero attached hydrogens (tertiary/aromatic N) is 1. The monoisotopic (exact) mass is 248 g/mol. The third kappa shape index (κ3) is 3.34. The van der Waals surface area contributed by atoms with E-state index in [-0.39, 0.29) is 30.5 Å². The molecule has 0 aromatic carbocycles. The van der Waals surface area contributed by atoms with E-state index < -0.39 is 0 Å². The molecular weight excluding hydrogens is 228 g/mol. The molecule has 16 heavy (non-hydrogen) atoms. The second kappa shape index (κ2) is 6.42. The zero-order chi connectivity index (χ0) is 10.7. The maximum atomic E-state index is 12.1. The Balaban J connectivity index is 0.00000128. The van der Waals surface area contributed by atoms with Gasteiger partial charge in [-0.25, -0.2) is 0 Å². The summed E-state index contributed by atoms with van der Waals surface area (Å²) in [7, 11) is 0. The highest BCUT2D eigenvalue weighted by molar-refractivity contribution is 5.85. The van der Waals surface area contributed by atoms with Crippen molar-refractivity contribution in [3.63, 3.8) is 0 Å². The van der Waals surface area contributed by atoms with Crippen LogP contribution in [-0.2, 0) is 9.53 Å². The van der Waals surface area contributed by atoms with E-state index in [1.165, 1.54) is 12.8 Å². The Kier molecular flexibility index (Phi) is 5.52. The first kappa shape index (κ1) is 13.7. The first-order valence-electron chi connectivity index (χ1n) is 5.91. The molecule has 2 atom stereocenters. The van der Waals surface area contributed by atoms with Crippen molar-refractivity contribution >= 4 is 18.3 Å². The minimum atomic E-state index is 0. The van der Waals surface area contributed by atoms with E-state index in [4.69, 9.17) is 4.74 Å². The summed E-state index contributed by atoms with van der Waals surface area (Å²) >= 11 is 0. The molecule has 0 saturated carbocycles. The van der Waals surface area contributed by atoms with Crippen LogP contribution in [0.25, 0.3) is 0 Å². The lowest BCUT2D eigenvalue weighted by atomic mass is 10.0. The smallest absolute Gasteiger partial charge is 0.239 e. The van der Waals surface area contributed by atoms with Crippen molar-refractivity contribution in [2.45, 2.75) is 38.3 Å². The quantitative estimate of drug-likeness (QED) is 0.746. The van der Waals surface area contributed by atoms with Crippen molar-refractivity contribution in [3.05, 3.63) is 0 Å². The maximum absolute atomic E-state index is 12.1. The number of hydrogen-bond donors (Lipinski definition) is 1. The van der Waals surface area contributed by atoms with Crippen LogP contribution in [0.3, 0.4) is 0 Å². The summed E-state index contributed by atoms with van der Waals surface area (Å²) in [6.07, 6.45) is 3.54. The van der Waals surface area contributed by atoms with Crippen LogP contribution in [0.2, 0.25) is 0 Å². The second-order valence-electron chi connectivity index (χ2n) is 4.47. The molecule has 2 aliphatic rings. The van der Waals surface area contributed by atoms with Gasteiger partial charge in [-0.05, 0) is 26.3 Å². The zero-order valence-electron chi connectivity index (χ0n) is 9.78. The SMILES string of the molecule is CC1CN(C(=O)C2CCCCN2)CCO1.Cl. The predicted molar refractivity (Wildman–Crippen MR) is 64.9 cm³/mol. The topological polar surface area (TPSA) is 41.6 Å². The summed E-state index contributed by atoms with van der Waals surface area (Å²) in [6, 6.07) is 0.0593. The summed E-state index contributed by atoms with van der Waals surface area (Å²) < 4.78 is 5.43. The lowest BCUT2D eigenvalue weighted by Gasteiger charge is -2.35. The molecule has 2 heterocycles. The van der Waals surface area contributed by atoms with Gasteiger partial charge in [0, 0.05) is 13.1 Å². The van der Waals surface area contributed by atoms with Crippen LogP contribution in [0.4, 0.5) is 0 Å². The van der Waals surface area contributed by atoms with E-state index in [9.17, 15) is 4.79 Å². The Bertz CT molecular complexity index is 232. The summed E-state index contributed by atoms with van der Waals surface area (Å²) in [5.41, 5.74) is 0. The normalized spacial score (nSPS) is 30.7. The van der Waals surface area contributed by atoms with Crippen LogP contribution in [0.1, 0.15) is 26.2 Å². The standard InChI is InChI=1S/C11H20N2O2.ClH/c1-9-8-13(6-7-15-9)11(14)10-4-2-3-5-12-10;/h9-10,12H,2-8H2,1H3;1H. The molecule has 94 valence electrons. The van der Waals surface area contributed by atoms with E-state index in [0.717, 1.165) is 26.1 Å². The van der Waals surface area contributed by atoms with E-state index in [1.54, 1.807) is 0 Å². The van der Waals surface area contributed by atoms with Gasteiger partial charge in [-0.2, -0.15) is 0 Å². The van der Waals surface area contributed by atoms with Crippen LogP contribution >= 0.6 is 12.4 Å². The van der Waals surface area contributed by atoms with E-state index in [1.807, 2.05) is 11.8 Å². The second-order valence-corrected chi connectivity index (χ2v) is 4.47. The molecule has 1 amide bonds. The minimum absolute atomic E-state index is 0. The molecule has 2 fully saturated rings. The van der Waals surface area contributed by atoms with Gasteiger partial charge in [-0.15, -0.1) is 12.4 Å². The molecule has 2 unspecified atom stereocenters. The summed E-state index contributed by atoms with van der Waals surface area (Å²) in [5.74, 6) is 0.268. The largest absolute Gasteiger partial charge is 0.375 e. The molecule has 2 aliphatic heterocycles. The van der Waals surface area contributed by atoms with E-state index in [0.29, 0.717) is 6.61 Å². The number of hydrogen-bond acceptors (Lipinski definition) is 3. The predicted octanol–water partition coefficient (Wildman–Crippen LogP) is 0.798. The molecule has 4 nitrogen and oxygen atoms in total. The summed E-state index contributed by atoms with van der Waals surface area (Å²) in [5, 5.41) is 3.30. The van der Waals surface area contributed by atoms with Crippen LogP contribution in [0.15, 0.2) is 0 Å². The van der Waals surface area contributed by atoms with Crippen molar-refractivity contribution in [2.75, 3.05) is 26.2 Å². The van der Waals surface area contributed by atoms with Crippen molar-refractivity contribution in [3.8, 4) is 0 Å². The van der Waals surface area contributed by atoms with E-state index >= 15 is 0 Å². The highest BCUT2D eigenvalue weighted by Gasteiger charge is 2.28. The van der Waals surface area contributed by atoms with Crippen LogP contribution in [-0.4, -0.2) is 49.2 Å². The highest BCUT2D eigenvalue weighted by Crippen LogP contribution is 2.12. The third-order valence-electron chi connectivity index (χ3n) is 3.16.